The van der Waals surface area contributed by atoms with Gasteiger partial charge < -0.3 is 10.1 Å². The van der Waals surface area contributed by atoms with E-state index >= 15 is 0 Å². The van der Waals surface area contributed by atoms with Gasteiger partial charge in [-0.2, -0.15) is 0 Å². The number of rotatable bonds is 6. The number of amides is 1. The summed E-state index contributed by atoms with van der Waals surface area (Å²) in [6, 6.07) is 5.85. The van der Waals surface area contributed by atoms with Gasteiger partial charge in [-0.3, -0.25) is 9.69 Å². The van der Waals surface area contributed by atoms with Crippen LogP contribution in [0.2, 0.25) is 0 Å². The van der Waals surface area contributed by atoms with Crippen LogP contribution in [-0.2, 0) is 16.9 Å². The van der Waals surface area contributed by atoms with Gasteiger partial charge in [0.25, 0.3) is 0 Å². The Labute approximate surface area is 152 Å². The number of hydrogen-bond acceptors (Lipinski definition) is 6. The molecule has 0 spiro atoms. The van der Waals surface area contributed by atoms with E-state index in [1.54, 1.807) is 18.3 Å². The van der Waals surface area contributed by atoms with Crippen LogP contribution in [0.3, 0.4) is 0 Å². The Morgan fingerprint density at radius 1 is 1.44 bits per heavy atom. The van der Waals surface area contributed by atoms with Gasteiger partial charge >= 0.3 is 0 Å². The third-order valence-electron chi connectivity index (χ3n) is 4.25. The molecule has 25 heavy (non-hydrogen) atoms. The normalized spacial score (nSPS) is 20.6. The van der Waals surface area contributed by atoms with Crippen LogP contribution in [0.5, 0.6) is 5.88 Å². The second-order valence-corrected chi connectivity index (χ2v) is 7.28. The Hall–Kier alpha value is -1.99. The van der Waals surface area contributed by atoms with E-state index in [0.717, 1.165) is 42.5 Å². The molecule has 1 aliphatic heterocycles. The number of aryl methyl sites for hydroxylation is 1. The molecule has 1 saturated heterocycles. The van der Waals surface area contributed by atoms with Gasteiger partial charge in [-0.15, -0.1) is 11.3 Å². The van der Waals surface area contributed by atoms with Crippen molar-refractivity contribution < 1.29 is 9.53 Å². The first-order valence-corrected chi connectivity index (χ1v) is 9.41. The van der Waals surface area contributed by atoms with Crippen molar-refractivity contribution in [3.05, 3.63) is 40.0 Å². The van der Waals surface area contributed by atoms with Gasteiger partial charge in [0, 0.05) is 43.7 Å². The highest BCUT2D eigenvalue weighted by molar-refractivity contribution is 7.09. The average molecular weight is 360 g/mol. The third-order valence-corrected chi connectivity index (χ3v) is 5.42. The van der Waals surface area contributed by atoms with Crippen LogP contribution in [-0.4, -0.2) is 40.5 Å². The molecule has 2 aromatic heterocycles. The number of aromatic nitrogens is 2. The van der Waals surface area contributed by atoms with E-state index < -0.39 is 5.54 Å². The summed E-state index contributed by atoms with van der Waals surface area (Å²) in [5, 5.41) is 6.18. The molecular formula is C18H24N4O2S. The van der Waals surface area contributed by atoms with E-state index in [9.17, 15) is 4.79 Å². The number of nitrogens with one attached hydrogen (secondary N) is 1. The summed E-state index contributed by atoms with van der Waals surface area (Å²) >= 11 is 1.62. The number of thiazole rings is 1. The molecule has 134 valence electrons. The van der Waals surface area contributed by atoms with E-state index in [4.69, 9.17) is 4.74 Å². The highest BCUT2D eigenvalue weighted by Gasteiger charge is 2.42. The minimum Gasteiger partial charge on any atom is -0.478 e. The lowest BCUT2D eigenvalue weighted by molar-refractivity contribution is -0.120. The minimum absolute atomic E-state index is 0.0221. The number of ether oxygens (including phenoxy) is 1. The standard InChI is InChI=1S/C18H24N4O2S/c1-4-24-16-7-5-6-15(20-16)10-22-9-8-18(12-22,21-14(3)23)17-19-13(2)11-25-17/h5-7,11H,4,8-10,12H2,1-3H3,(H,21,23). The molecule has 1 N–H and O–H groups in total. The van der Waals surface area contributed by atoms with E-state index in [0.29, 0.717) is 12.5 Å². The first-order valence-electron chi connectivity index (χ1n) is 8.53. The highest BCUT2D eigenvalue weighted by atomic mass is 32.1. The number of nitrogens with zero attached hydrogens (tertiary/aromatic N) is 3. The van der Waals surface area contributed by atoms with Gasteiger partial charge in [0.15, 0.2) is 0 Å². The Kier molecular flexibility index (Phi) is 5.34. The summed E-state index contributed by atoms with van der Waals surface area (Å²) in [4.78, 5) is 23.3. The second kappa shape index (κ2) is 7.49. The molecule has 1 unspecified atom stereocenters. The van der Waals surface area contributed by atoms with Crippen LogP contribution in [0.1, 0.15) is 36.7 Å². The summed E-state index contributed by atoms with van der Waals surface area (Å²) in [5.41, 5.74) is 1.57. The lowest BCUT2D eigenvalue weighted by atomic mass is 9.99. The summed E-state index contributed by atoms with van der Waals surface area (Å²) in [6.07, 6.45) is 0.852. The van der Waals surface area contributed by atoms with Crippen molar-refractivity contribution in [3.8, 4) is 5.88 Å². The fraction of sp³-hybridized carbons (Fsp3) is 0.500. The smallest absolute Gasteiger partial charge is 0.217 e. The highest BCUT2D eigenvalue weighted by Crippen LogP contribution is 2.34. The van der Waals surface area contributed by atoms with Crippen molar-refractivity contribution in [2.45, 2.75) is 39.3 Å². The number of pyridine rings is 1. The Morgan fingerprint density at radius 2 is 2.28 bits per heavy atom. The predicted octanol–water partition coefficient (Wildman–Crippen LogP) is 2.48. The maximum atomic E-state index is 11.8. The molecule has 7 heteroatoms. The number of carbonyl (C=O) groups excluding carboxylic acids is 1. The van der Waals surface area contributed by atoms with Gasteiger partial charge in [0.1, 0.15) is 10.5 Å². The minimum atomic E-state index is -0.401. The molecule has 1 amide bonds. The first-order chi connectivity index (χ1) is 12.0. The zero-order valence-corrected chi connectivity index (χ0v) is 15.7. The zero-order chi connectivity index (χ0) is 17.9. The fourth-order valence-electron chi connectivity index (χ4n) is 3.27. The van der Waals surface area contributed by atoms with Gasteiger partial charge in [-0.1, -0.05) is 6.07 Å². The van der Waals surface area contributed by atoms with E-state index in [1.807, 2.05) is 37.4 Å². The lowest BCUT2D eigenvalue weighted by Crippen LogP contribution is -2.47. The average Bonchev–Trinajstić information content (AvgIpc) is 3.15. The maximum Gasteiger partial charge on any atom is 0.217 e. The Balaban J connectivity index is 1.75. The molecule has 0 bridgehead atoms. The first kappa shape index (κ1) is 17.8. The number of hydrogen-bond donors (Lipinski definition) is 1. The molecule has 0 aliphatic carbocycles. The Morgan fingerprint density at radius 3 is 2.96 bits per heavy atom. The van der Waals surface area contributed by atoms with Crippen molar-refractivity contribution in [1.29, 1.82) is 0 Å². The van der Waals surface area contributed by atoms with Crippen LogP contribution in [0.4, 0.5) is 0 Å². The number of likely N-dealkylation sites (tertiary alicyclic amines) is 1. The topological polar surface area (TPSA) is 67.3 Å². The van der Waals surface area contributed by atoms with Crippen LogP contribution >= 0.6 is 11.3 Å². The molecule has 0 aromatic carbocycles. The molecule has 1 aliphatic rings. The van der Waals surface area contributed by atoms with Gasteiger partial charge in [0.05, 0.1) is 12.3 Å². The molecular weight excluding hydrogens is 336 g/mol. The second-order valence-electron chi connectivity index (χ2n) is 6.42. The van der Waals surface area contributed by atoms with Crippen LogP contribution in [0.25, 0.3) is 0 Å². The summed E-state index contributed by atoms with van der Waals surface area (Å²) < 4.78 is 5.48. The number of carbonyl (C=O) groups is 1. The van der Waals surface area contributed by atoms with Crippen molar-refractivity contribution in [1.82, 2.24) is 20.2 Å². The van der Waals surface area contributed by atoms with Crippen molar-refractivity contribution >= 4 is 17.2 Å². The molecule has 1 fully saturated rings. The fourth-order valence-corrected chi connectivity index (χ4v) is 4.24. The zero-order valence-electron chi connectivity index (χ0n) is 14.9. The predicted molar refractivity (Wildman–Crippen MR) is 97.6 cm³/mol. The monoisotopic (exact) mass is 360 g/mol. The summed E-state index contributed by atoms with van der Waals surface area (Å²) in [6.45, 7) is 8.46. The summed E-state index contributed by atoms with van der Waals surface area (Å²) in [5.74, 6) is 0.633. The van der Waals surface area contributed by atoms with Crippen molar-refractivity contribution in [2.75, 3.05) is 19.7 Å². The molecule has 3 rings (SSSR count). The maximum absolute atomic E-state index is 11.8. The lowest BCUT2D eigenvalue weighted by Gasteiger charge is -2.28. The largest absolute Gasteiger partial charge is 0.478 e. The molecule has 0 radical (unpaired) electrons. The van der Waals surface area contributed by atoms with Crippen LogP contribution in [0, 0.1) is 6.92 Å². The molecule has 2 aromatic rings. The van der Waals surface area contributed by atoms with Crippen LogP contribution < -0.4 is 10.1 Å². The SMILES string of the molecule is CCOc1cccc(CN2CCC(NC(C)=O)(c3nc(C)cs3)C2)n1. The van der Waals surface area contributed by atoms with E-state index in [2.05, 4.69) is 20.2 Å². The van der Waals surface area contributed by atoms with Crippen LogP contribution in [0.15, 0.2) is 23.6 Å². The van der Waals surface area contributed by atoms with E-state index in [-0.39, 0.29) is 5.91 Å². The summed E-state index contributed by atoms with van der Waals surface area (Å²) in [7, 11) is 0. The molecule has 1 atom stereocenters. The molecule has 6 nitrogen and oxygen atoms in total. The quantitative estimate of drug-likeness (QED) is 0.857. The third kappa shape index (κ3) is 4.16. The van der Waals surface area contributed by atoms with Gasteiger partial charge in [-0.25, -0.2) is 9.97 Å². The molecule has 3 heterocycles. The molecule has 0 saturated carbocycles. The van der Waals surface area contributed by atoms with Gasteiger partial charge in [0.2, 0.25) is 11.8 Å². The van der Waals surface area contributed by atoms with Gasteiger partial charge in [-0.05, 0) is 26.3 Å². The Bertz CT molecular complexity index is 748. The van der Waals surface area contributed by atoms with Crippen molar-refractivity contribution in [2.24, 2.45) is 0 Å². The van der Waals surface area contributed by atoms with Crippen molar-refractivity contribution in [3.63, 3.8) is 0 Å². The van der Waals surface area contributed by atoms with E-state index in [1.165, 1.54) is 0 Å².